The number of rotatable bonds is 2. The molecule has 0 spiro atoms. The molecule has 16 heavy (non-hydrogen) atoms. The summed E-state index contributed by atoms with van der Waals surface area (Å²) in [5.41, 5.74) is 10.9. The van der Waals surface area contributed by atoms with Gasteiger partial charge in [0.15, 0.2) is 0 Å². The summed E-state index contributed by atoms with van der Waals surface area (Å²) in [7, 11) is 0. The highest BCUT2D eigenvalue weighted by atomic mass is 16.1. The summed E-state index contributed by atoms with van der Waals surface area (Å²) in [6.45, 7) is 1.42. The molecular weight excluding hydrogens is 206 g/mol. The Morgan fingerprint density at radius 1 is 1.56 bits per heavy atom. The van der Waals surface area contributed by atoms with Crippen molar-refractivity contribution >= 4 is 17.7 Å². The molecule has 1 atom stereocenters. The Bertz CT molecular complexity index is 395. The van der Waals surface area contributed by atoms with E-state index in [-0.39, 0.29) is 11.8 Å². The Morgan fingerprint density at radius 3 is 3.06 bits per heavy atom. The zero-order valence-electron chi connectivity index (χ0n) is 8.97. The van der Waals surface area contributed by atoms with Crippen molar-refractivity contribution in [1.29, 1.82) is 0 Å². The molecule has 1 aliphatic heterocycles. The molecule has 6 heteroatoms. The highest BCUT2D eigenvalue weighted by molar-refractivity contribution is 5.77. The predicted molar refractivity (Wildman–Crippen MR) is 60.6 cm³/mol. The van der Waals surface area contributed by atoms with Gasteiger partial charge in [-0.1, -0.05) is 0 Å². The molecule has 2 heterocycles. The van der Waals surface area contributed by atoms with Gasteiger partial charge in [0.1, 0.15) is 5.82 Å². The maximum absolute atomic E-state index is 11.1. The fraction of sp³-hybridized carbons (Fsp3) is 0.500. The van der Waals surface area contributed by atoms with E-state index in [2.05, 4.69) is 9.97 Å². The molecule has 0 saturated carbocycles. The van der Waals surface area contributed by atoms with Crippen LogP contribution in [-0.4, -0.2) is 29.0 Å². The Balaban J connectivity index is 2.12. The normalized spacial score (nSPS) is 20.8. The molecule has 1 unspecified atom stereocenters. The number of nitrogens with zero attached hydrogens (tertiary/aromatic N) is 3. The second-order valence-corrected chi connectivity index (χ2v) is 3.97. The van der Waals surface area contributed by atoms with Crippen LogP contribution < -0.4 is 16.4 Å². The van der Waals surface area contributed by atoms with Crippen LogP contribution in [-0.2, 0) is 4.79 Å². The second-order valence-electron chi connectivity index (χ2n) is 3.97. The smallest absolute Gasteiger partial charge is 0.227 e. The lowest BCUT2D eigenvalue weighted by Crippen LogP contribution is -2.41. The van der Waals surface area contributed by atoms with Crippen LogP contribution in [0.4, 0.5) is 11.8 Å². The number of nitrogen functional groups attached to an aromatic ring is 1. The van der Waals surface area contributed by atoms with E-state index in [1.807, 2.05) is 4.90 Å². The third kappa shape index (κ3) is 2.21. The Kier molecular flexibility index (Phi) is 2.89. The van der Waals surface area contributed by atoms with Crippen LogP contribution >= 0.6 is 0 Å². The molecule has 1 aromatic heterocycles. The first-order valence-electron chi connectivity index (χ1n) is 5.29. The summed E-state index contributed by atoms with van der Waals surface area (Å²) in [5.74, 6) is 0.643. The van der Waals surface area contributed by atoms with Crippen LogP contribution in [0.3, 0.4) is 0 Å². The standard InChI is InChI=1S/C10H15N5O/c11-8-3-4-13-10(14-8)15-5-1-2-7(6-15)9(12)16/h3-4,7H,1-2,5-6H2,(H2,12,16)(H2,11,13,14). The number of hydrogen-bond acceptors (Lipinski definition) is 5. The van der Waals surface area contributed by atoms with Crippen LogP contribution in [0.2, 0.25) is 0 Å². The molecular formula is C10H15N5O. The van der Waals surface area contributed by atoms with Gasteiger partial charge in [-0.25, -0.2) is 4.98 Å². The van der Waals surface area contributed by atoms with Crippen molar-refractivity contribution in [3.05, 3.63) is 12.3 Å². The fourth-order valence-electron chi connectivity index (χ4n) is 1.91. The number of hydrogen-bond donors (Lipinski definition) is 2. The van der Waals surface area contributed by atoms with Gasteiger partial charge in [0.25, 0.3) is 0 Å². The van der Waals surface area contributed by atoms with E-state index in [0.29, 0.717) is 18.3 Å². The molecule has 1 saturated heterocycles. The second kappa shape index (κ2) is 4.34. The zero-order valence-corrected chi connectivity index (χ0v) is 8.97. The van der Waals surface area contributed by atoms with E-state index < -0.39 is 0 Å². The molecule has 2 rings (SSSR count). The highest BCUT2D eigenvalue weighted by Crippen LogP contribution is 2.20. The minimum absolute atomic E-state index is 0.112. The van der Waals surface area contributed by atoms with Crippen LogP contribution in [0.15, 0.2) is 12.3 Å². The maximum Gasteiger partial charge on any atom is 0.227 e. The highest BCUT2D eigenvalue weighted by Gasteiger charge is 2.25. The average Bonchev–Trinajstić information content (AvgIpc) is 2.29. The number of carbonyl (C=O) groups is 1. The number of piperidine rings is 1. The quantitative estimate of drug-likeness (QED) is 0.718. The number of carbonyl (C=O) groups excluding carboxylic acids is 1. The molecule has 0 radical (unpaired) electrons. The third-order valence-electron chi connectivity index (χ3n) is 2.77. The van der Waals surface area contributed by atoms with Crippen molar-refractivity contribution < 1.29 is 4.79 Å². The Labute approximate surface area is 93.7 Å². The summed E-state index contributed by atoms with van der Waals surface area (Å²) in [6.07, 6.45) is 3.38. The van der Waals surface area contributed by atoms with Gasteiger partial charge < -0.3 is 16.4 Å². The first-order chi connectivity index (χ1) is 7.66. The van der Waals surface area contributed by atoms with E-state index in [1.165, 1.54) is 0 Å². The van der Waals surface area contributed by atoms with Gasteiger partial charge in [-0.05, 0) is 18.9 Å². The molecule has 1 fully saturated rings. The van der Waals surface area contributed by atoms with Gasteiger partial charge in [0.05, 0.1) is 5.92 Å². The number of amides is 1. The fourth-order valence-corrected chi connectivity index (χ4v) is 1.91. The molecule has 86 valence electrons. The molecule has 4 N–H and O–H groups in total. The van der Waals surface area contributed by atoms with Crippen LogP contribution in [0.1, 0.15) is 12.8 Å². The van der Waals surface area contributed by atoms with Crippen LogP contribution in [0.5, 0.6) is 0 Å². The largest absolute Gasteiger partial charge is 0.384 e. The maximum atomic E-state index is 11.1. The summed E-state index contributed by atoms with van der Waals surface area (Å²) in [4.78, 5) is 21.4. The van der Waals surface area contributed by atoms with Gasteiger partial charge in [0, 0.05) is 19.3 Å². The molecule has 1 aliphatic rings. The van der Waals surface area contributed by atoms with Gasteiger partial charge in [-0.2, -0.15) is 4.98 Å². The lowest BCUT2D eigenvalue weighted by molar-refractivity contribution is -0.122. The summed E-state index contributed by atoms with van der Waals surface area (Å²) in [6, 6.07) is 1.64. The van der Waals surface area contributed by atoms with E-state index in [0.717, 1.165) is 19.4 Å². The van der Waals surface area contributed by atoms with Crippen molar-refractivity contribution in [2.45, 2.75) is 12.8 Å². The van der Waals surface area contributed by atoms with Crippen LogP contribution in [0.25, 0.3) is 0 Å². The van der Waals surface area contributed by atoms with Crippen molar-refractivity contribution in [3.8, 4) is 0 Å². The lowest BCUT2D eigenvalue weighted by atomic mass is 9.98. The number of anilines is 2. The van der Waals surface area contributed by atoms with Gasteiger partial charge in [0.2, 0.25) is 11.9 Å². The lowest BCUT2D eigenvalue weighted by Gasteiger charge is -2.31. The van der Waals surface area contributed by atoms with Crippen molar-refractivity contribution in [2.24, 2.45) is 11.7 Å². The topological polar surface area (TPSA) is 98.1 Å². The predicted octanol–water partition coefficient (Wildman–Crippen LogP) is -0.240. The first kappa shape index (κ1) is 10.7. The molecule has 0 aromatic carbocycles. The molecule has 0 aliphatic carbocycles. The summed E-state index contributed by atoms with van der Waals surface area (Å²) >= 11 is 0. The zero-order chi connectivity index (χ0) is 11.5. The van der Waals surface area contributed by atoms with Crippen molar-refractivity contribution in [3.63, 3.8) is 0 Å². The van der Waals surface area contributed by atoms with Gasteiger partial charge in [-0.3, -0.25) is 4.79 Å². The molecule has 1 aromatic rings. The third-order valence-corrected chi connectivity index (χ3v) is 2.77. The van der Waals surface area contributed by atoms with E-state index in [9.17, 15) is 4.79 Å². The summed E-state index contributed by atoms with van der Waals surface area (Å²) in [5, 5.41) is 0. The Hall–Kier alpha value is -1.85. The number of primary amides is 1. The molecule has 6 nitrogen and oxygen atoms in total. The van der Waals surface area contributed by atoms with Crippen LogP contribution in [0, 0.1) is 5.92 Å². The molecule has 1 amide bonds. The molecule has 0 bridgehead atoms. The SMILES string of the molecule is NC(=O)C1CCCN(c2nccc(N)n2)C1. The Morgan fingerprint density at radius 2 is 2.38 bits per heavy atom. The first-order valence-corrected chi connectivity index (χ1v) is 5.29. The van der Waals surface area contributed by atoms with Gasteiger partial charge in [-0.15, -0.1) is 0 Å². The average molecular weight is 221 g/mol. The summed E-state index contributed by atoms with van der Waals surface area (Å²) < 4.78 is 0. The van der Waals surface area contributed by atoms with Crippen molar-refractivity contribution in [1.82, 2.24) is 9.97 Å². The van der Waals surface area contributed by atoms with E-state index >= 15 is 0 Å². The monoisotopic (exact) mass is 221 g/mol. The minimum atomic E-state index is -0.256. The number of aromatic nitrogens is 2. The van der Waals surface area contributed by atoms with Crippen molar-refractivity contribution in [2.75, 3.05) is 23.7 Å². The number of nitrogens with two attached hydrogens (primary N) is 2. The minimum Gasteiger partial charge on any atom is -0.384 e. The van der Waals surface area contributed by atoms with Gasteiger partial charge >= 0.3 is 0 Å². The van der Waals surface area contributed by atoms with E-state index in [4.69, 9.17) is 11.5 Å². The van der Waals surface area contributed by atoms with E-state index in [1.54, 1.807) is 12.3 Å².